The summed E-state index contributed by atoms with van der Waals surface area (Å²) in [5.74, 6) is 0.483. The van der Waals surface area contributed by atoms with E-state index < -0.39 is 5.91 Å². The Kier molecular flexibility index (Phi) is 3.93. The minimum Gasteiger partial charge on any atom is -0.490 e. The van der Waals surface area contributed by atoms with E-state index in [-0.39, 0.29) is 6.10 Å². The lowest BCUT2D eigenvalue weighted by atomic mass is 10.00. The lowest BCUT2D eigenvalue weighted by molar-refractivity contribution is 0.0994. The molecule has 16 heavy (non-hydrogen) atoms. The summed E-state index contributed by atoms with van der Waals surface area (Å²) in [7, 11) is 0. The van der Waals surface area contributed by atoms with E-state index in [1.54, 1.807) is 0 Å². The molecule has 0 unspecified atom stereocenters. The second-order valence-electron chi connectivity index (χ2n) is 4.44. The van der Waals surface area contributed by atoms with Crippen LogP contribution in [0.2, 0.25) is 0 Å². The third-order valence-corrected chi connectivity index (χ3v) is 2.30. The molecule has 88 valence electrons. The molecule has 0 aromatic heterocycles. The van der Waals surface area contributed by atoms with E-state index >= 15 is 0 Å². The fourth-order valence-electron chi connectivity index (χ4n) is 1.46. The van der Waals surface area contributed by atoms with Crippen molar-refractivity contribution in [3.05, 3.63) is 29.3 Å². The molecule has 0 aliphatic carbocycles. The van der Waals surface area contributed by atoms with Crippen LogP contribution in [0.5, 0.6) is 5.75 Å². The highest BCUT2D eigenvalue weighted by Gasteiger charge is 2.12. The average molecular weight is 221 g/mol. The standard InChI is InChI=1S/C13H19NO2/c1-8(2)10-5-6-12(16-9(3)4)11(7-10)13(14)15/h5-9H,1-4H3,(H2,14,15). The molecule has 0 radical (unpaired) electrons. The van der Waals surface area contributed by atoms with Crippen molar-refractivity contribution in [2.24, 2.45) is 5.73 Å². The summed E-state index contributed by atoms with van der Waals surface area (Å²) in [5.41, 5.74) is 6.89. The quantitative estimate of drug-likeness (QED) is 0.849. The predicted octanol–water partition coefficient (Wildman–Crippen LogP) is 2.70. The van der Waals surface area contributed by atoms with Gasteiger partial charge in [0.15, 0.2) is 0 Å². The van der Waals surface area contributed by atoms with Crippen LogP contribution in [-0.4, -0.2) is 12.0 Å². The molecule has 1 aromatic carbocycles. The van der Waals surface area contributed by atoms with Crippen molar-refractivity contribution >= 4 is 5.91 Å². The maximum atomic E-state index is 11.3. The molecular formula is C13H19NO2. The van der Waals surface area contributed by atoms with E-state index in [4.69, 9.17) is 10.5 Å². The number of rotatable bonds is 4. The van der Waals surface area contributed by atoms with Crippen LogP contribution in [0.1, 0.15) is 49.5 Å². The second-order valence-corrected chi connectivity index (χ2v) is 4.44. The van der Waals surface area contributed by atoms with Gasteiger partial charge in [-0.25, -0.2) is 0 Å². The Hall–Kier alpha value is -1.51. The number of carbonyl (C=O) groups is 1. The largest absolute Gasteiger partial charge is 0.490 e. The van der Waals surface area contributed by atoms with Crippen LogP contribution in [0.3, 0.4) is 0 Å². The first kappa shape index (κ1) is 12.6. The van der Waals surface area contributed by atoms with Gasteiger partial charge in [0, 0.05) is 0 Å². The fraction of sp³-hybridized carbons (Fsp3) is 0.462. The van der Waals surface area contributed by atoms with E-state index in [9.17, 15) is 4.79 Å². The highest BCUT2D eigenvalue weighted by atomic mass is 16.5. The molecule has 3 heteroatoms. The van der Waals surface area contributed by atoms with Gasteiger partial charge in [-0.15, -0.1) is 0 Å². The van der Waals surface area contributed by atoms with E-state index in [0.717, 1.165) is 5.56 Å². The average Bonchev–Trinajstić information content (AvgIpc) is 2.16. The fourth-order valence-corrected chi connectivity index (χ4v) is 1.46. The highest BCUT2D eigenvalue weighted by Crippen LogP contribution is 2.24. The third-order valence-electron chi connectivity index (χ3n) is 2.30. The van der Waals surface area contributed by atoms with Crippen molar-refractivity contribution in [2.45, 2.75) is 39.7 Å². The Morgan fingerprint density at radius 1 is 1.25 bits per heavy atom. The Balaban J connectivity index is 3.14. The summed E-state index contributed by atoms with van der Waals surface area (Å²) in [6.07, 6.45) is 0.0306. The zero-order valence-corrected chi connectivity index (χ0v) is 10.3. The van der Waals surface area contributed by atoms with Crippen LogP contribution in [0.15, 0.2) is 18.2 Å². The van der Waals surface area contributed by atoms with Gasteiger partial charge in [-0.05, 0) is 37.5 Å². The van der Waals surface area contributed by atoms with Crippen molar-refractivity contribution in [1.82, 2.24) is 0 Å². The zero-order valence-electron chi connectivity index (χ0n) is 10.3. The number of carbonyl (C=O) groups excluding carboxylic acids is 1. The number of hydrogen-bond acceptors (Lipinski definition) is 2. The number of benzene rings is 1. The molecule has 0 saturated carbocycles. The third kappa shape index (κ3) is 2.99. The van der Waals surface area contributed by atoms with Crippen LogP contribution in [0.25, 0.3) is 0 Å². The van der Waals surface area contributed by atoms with Crippen molar-refractivity contribution in [3.63, 3.8) is 0 Å². The first-order chi connectivity index (χ1) is 7.41. The van der Waals surface area contributed by atoms with Crippen LogP contribution < -0.4 is 10.5 Å². The Bertz CT molecular complexity index is 384. The molecule has 2 N–H and O–H groups in total. The Morgan fingerprint density at radius 3 is 2.31 bits per heavy atom. The smallest absolute Gasteiger partial charge is 0.252 e. The van der Waals surface area contributed by atoms with Crippen molar-refractivity contribution < 1.29 is 9.53 Å². The monoisotopic (exact) mass is 221 g/mol. The van der Waals surface area contributed by atoms with Crippen LogP contribution in [-0.2, 0) is 0 Å². The first-order valence-electron chi connectivity index (χ1n) is 5.52. The van der Waals surface area contributed by atoms with Gasteiger partial charge in [0.05, 0.1) is 11.7 Å². The molecule has 1 rings (SSSR count). The summed E-state index contributed by atoms with van der Waals surface area (Å²) >= 11 is 0. The van der Waals surface area contributed by atoms with Crippen molar-refractivity contribution in [2.75, 3.05) is 0 Å². The number of primary amides is 1. The minimum absolute atomic E-state index is 0.0306. The van der Waals surface area contributed by atoms with Gasteiger partial charge in [-0.3, -0.25) is 4.79 Å². The SMILES string of the molecule is CC(C)Oc1ccc(C(C)C)cc1C(N)=O. The van der Waals surface area contributed by atoms with E-state index in [0.29, 0.717) is 17.2 Å². The summed E-state index contributed by atoms with van der Waals surface area (Å²) in [4.78, 5) is 11.3. The first-order valence-corrected chi connectivity index (χ1v) is 5.52. The topological polar surface area (TPSA) is 52.3 Å². The molecule has 1 amide bonds. The molecule has 1 aromatic rings. The highest BCUT2D eigenvalue weighted by molar-refractivity contribution is 5.95. The molecule has 0 saturated heterocycles. The van der Waals surface area contributed by atoms with Crippen molar-refractivity contribution in [3.8, 4) is 5.75 Å². The van der Waals surface area contributed by atoms with E-state index in [2.05, 4.69) is 13.8 Å². The van der Waals surface area contributed by atoms with Gasteiger partial charge in [0.25, 0.3) is 5.91 Å². The number of amides is 1. The maximum Gasteiger partial charge on any atom is 0.252 e. The van der Waals surface area contributed by atoms with Gasteiger partial charge < -0.3 is 10.5 Å². The molecule has 3 nitrogen and oxygen atoms in total. The van der Waals surface area contributed by atoms with Gasteiger partial charge in [-0.1, -0.05) is 19.9 Å². The van der Waals surface area contributed by atoms with E-state index in [1.807, 2.05) is 32.0 Å². The molecule has 0 spiro atoms. The lowest BCUT2D eigenvalue weighted by Crippen LogP contribution is -2.16. The van der Waals surface area contributed by atoms with Gasteiger partial charge in [0.2, 0.25) is 0 Å². The molecule has 0 aliphatic rings. The molecule has 0 heterocycles. The maximum absolute atomic E-state index is 11.3. The second kappa shape index (κ2) is 5.01. The summed E-state index contributed by atoms with van der Waals surface area (Å²) in [6.45, 7) is 7.98. The lowest BCUT2D eigenvalue weighted by Gasteiger charge is -2.14. The minimum atomic E-state index is -0.446. The van der Waals surface area contributed by atoms with Crippen LogP contribution in [0.4, 0.5) is 0 Å². The number of hydrogen-bond donors (Lipinski definition) is 1. The normalized spacial score (nSPS) is 10.9. The molecule has 0 aliphatic heterocycles. The molecule has 0 atom stereocenters. The van der Waals surface area contributed by atoms with Crippen LogP contribution in [0, 0.1) is 0 Å². The summed E-state index contributed by atoms with van der Waals surface area (Å²) in [5, 5.41) is 0. The summed E-state index contributed by atoms with van der Waals surface area (Å²) < 4.78 is 5.54. The Labute approximate surface area is 96.6 Å². The molecular weight excluding hydrogens is 202 g/mol. The van der Waals surface area contributed by atoms with Gasteiger partial charge in [0.1, 0.15) is 5.75 Å². The van der Waals surface area contributed by atoms with E-state index in [1.165, 1.54) is 0 Å². The number of ether oxygens (including phenoxy) is 1. The number of nitrogens with two attached hydrogens (primary N) is 1. The zero-order chi connectivity index (χ0) is 12.3. The summed E-state index contributed by atoms with van der Waals surface area (Å²) in [6, 6.07) is 5.59. The van der Waals surface area contributed by atoms with Gasteiger partial charge >= 0.3 is 0 Å². The van der Waals surface area contributed by atoms with Gasteiger partial charge in [-0.2, -0.15) is 0 Å². The Morgan fingerprint density at radius 2 is 1.88 bits per heavy atom. The molecule has 0 fully saturated rings. The predicted molar refractivity (Wildman–Crippen MR) is 64.8 cm³/mol. The molecule has 0 bridgehead atoms. The van der Waals surface area contributed by atoms with Crippen molar-refractivity contribution in [1.29, 1.82) is 0 Å². The van der Waals surface area contributed by atoms with Crippen LogP contribution >= 0.6 is 0 Å².